The van der Waals surface area contributed by atoms with Crippen LogP contribution >= 0.6 is 0 Å². The number of ketones is 2. The van der Waals surface area contributed by atoms with E-state index in [-0.39, 0.29) is 11.6 Å². The fourth-order valence-electron chi connectivity index (χ4n) is 13.4. The minimum Gasteiger partial charge on any atom is -0.309 e. The van der Waals surface area contributed by atoms with Crippen molar-refractivity contribution in [3.05, 3.63) is 324 Å². The highest BCUT2D eigenvalue weighted by molar-refractivity contribution is 6.13. The number of hydrogen-bond donors (Lipinski definition) is 0. The molecule has 1 spiro atoms. The monoisotopic (exact) mass is 1010 g/mol. The second-order valence-corrected chi connectivity index (χ2v) is 21.0. The van der Waals surface area contributed by atoms with Crippen LogP contribution in [-0.4, -0.2) is 20.7 Å². The molecule has 79 heavy (non-hydrogen) atoms. The van der Waals surface area contributed by atoms with E-state index < -0.39 is 5.41 Å². The zero-order chi connectivity index (χ0) is 52.3. The summed E-state index contributed by atoms with van der Waals surface area (Å²) in [4.78, 5) is 30.3. The average molecular weight is 1010 g/mol. The zero-order valence-corrected chi connectivity index (χ0v) is 42.8. The molecule has 0 fully saturated rings. The van der Waals surface area contributed by atoms with Crippen molar-refractivity contribution in [3.63, 3.8) is 0 Å². The number of para-hydroxylation sites is 4. The van der Waals surface area contributed by atoms with E-state index in [1.54, 1.807) is 0 Å². The molecule has 368 valence electrons. The van der Waals surface area contributed by atoms with Gasteiger partial charge in [0, 0.05) is 55.2 Å². The molecule has 14 aromatic rings. The molecule has 0 N–H and O–H groups in total. The molecule has 0 aliphatic heterocycles. The SMILES string of the molecule is O=C(c1ccc(-c2ccccc2)cc1)c1ccc2c(c1)C1(c3cc(C(=O)c4ccc(-c5ccccc5)cc4)ccc3-2)c2cc(-n3c4ccccc4c4ccccc43)ccc2-c2ccc(-n3c4ccccc4c4ccccc43)cc21. The predicted molar refractivity (Wildman–Crippen MR) is 322 cm³/mol. The van der Waals surface area contributed by atoms with E-state index in [1.807, 2.05) is 97.1 Å². The Labute approximate surface area is 456 Å². The van der Waals surface area contributed by atoms with Crippen LogP contribution in [0.2, 0.25) is 0 Å². The number of nitrogens with zero attached hydrogens (tertiary/aromatic N) is 2. The molecule has 0 saturated heterocycles. The number of carbonyl (C=O) groups is 2. The van der Waals surface area contributed by atoms with E-state index in [4.69, 9.17) is 0 Å². The van der Waals surface area contributed by atoms with Gasteiger partial charge < -0.3 is 9.13 Å². The van der Waals surface area contributed by atoms with Crippen molar-refractivity contribution < 1.29 is 9.59 Å². The first-order valence-electron chi connectivity index (χ1n) is 27.0. The number of benzene rings is 12. The van der Waals surface area contributed by atoms with Crippen LogP contribution in [0.1, 0.15) is 54.1 Å². The largest absolute Gasteiger partial charge is 0.309 e. The molecule has 12 aromatic carbocycles. The van der Waals surface area contributed by atoms with E-state index in [0.29, 0.717) is 22.3 Å². The predicted octanol–water partition coefficient (Wildman–Crippen LogP) is 18.0. The van der Waals surface area contributed by atoms with Crippen molar-refractivity contribution in [1.82, 2.24) is 9.13 Å². The van der Waals surface area contributed by atoms with Crippen molar-refractivity contribution in [2.24, 2.45) is 0 Å². The highest BCUT2D eigenvalue weighted by Gasteiger charge is 2.53. The molecular formula is C75H46N2O2. The molecule has 16 rings (SSSR count). The summed E-state index contributed by atoms with van der Waals surface area (Å²) in [5.74, 6) is -0.111. The summed E-state index contributed by atoms with van der Waals surface area (Å²) in [5.41, 5.74) is 20.7. The summed E-state index contributed by atoms with van der Waals surface area (Å²) >= 11 is 0. The third kappa shape index (κ3) is 6.62. The Morgan fingerprint density at radius 2 is 0.532 bits per heavy atom. The van der Waals surface area contributed by atoms with Crippen molar-refractivity contribution >= 4 is 55.2 Å². The standard InChI is InChI=1S/C75H46N2O2/c78-73(51-31-27-49(28-32-51)47-15-3-1-4-16-47)53-35-39-57-58-40-36-54(74(79)52-33-29-50(30-34-52)48-17-5-2-6-18-48)44-66(58)75(65(57)43-53)67-45-55(76-69-23-11-7-19-61(69)62-20-8-12-24-70(62)76)37-41-59(67)60-42-38-56(46-68(60)75)77-71-25-13-9-21-63(71)64-22-10-14-26-72(64)77/h1-46H. The summed E-state index contributed by atoms with van der Waals surface area (Å²) in [6, 6.07) is 97.5. The third-order valence-electron chi connectivity index (χ3n) is 17.0. The zero-order valence-electron chi connectivity index (χ0n) is 42.8. The van der Waals surface area contributed by atoms with E-state index in [9.17, 15) is 0 Å². The highest BCUT2D eigenvalue weighted by atomic mass is 16.1. The molecule has 0 unspecified atom stereocenters. The lowest BCUT2D eigenvalue weighted by Crippen LogP contribution is -2.27. The maximum absolute atomic E-state index is 15.1. The molecule has 2 aromatic heterocycles. The molecule has 0 radical (unpaired) electrons. The van der Waals surface area contributed by atoms with Gasteiger partial charge >= 0.3 is 0 Å². The second-order valence-electron chi connectivity index (χ2n) is 21.0. The smallest absolute Gasteiger partial charge is 0.193 e. The lowest BCUT2D eigenvalue weighted by molar-refractivity contribution is 0.103. The van der Waals surface area contributed by atoms with Crippen molar-refractivity contribution in [2.45, 2.75) is 5.41 Å². The molecule has 2 aliphatic carbocycles. The Kier molecular flexibility index (Phi) is 9.82. The van der Waals surface area contributed by atoms with E-state index in [2.05, 4.69) is 191 Å². The van der Waals surface area contributed by atoms with Crippen LogP contribution in [0, 0.1) is 0 Å². The van der Waals surface area contributed by atoms with Gasteiger partial charge in [-0.1, -0.05) is 218 Å². The van der Waals surface area contributed by atoms with Crippen LogP contribution in [0.15, 0.2) is 279 Å². The summed E-state index contributed by atoms with van der Waals surface area (Å²) in [5, 5.41) is 4.74. The Balaban J connectivity index is 0.962. The topological polar surface area (TPSA) is 44.0 Å². The van der Waals surface area contributed by atoms with Crippen molar-refractivity contribution in [2.75, 3.05) is 0 Å². The fraction of sp³-hybridized carbons (Fsp3) is 0.0133. The number of hydrogen-bond acceptors (Lipinski definition) is 2. The van der Waals surface area contributed by atoms with Gasteiger partial charge in [-0.3, -0.25) is 9.59 Å². The molecule has 0 bridgehead atoms. The lowest BCUT2D eigenvalue weighted by Gasteiger charge is -2.32. The van der Waals surface area contributed by atoms with Gasteiger partial charge in [0.1, 0.15) is 0 Å². The van der Waals surface area contributed by atoms with Gasteiger partial charge in [0.15, 0.2) is 11.6 Å². The number of carbonyl (C=O) groups excluding carboxylic acids is 2. The van der Waals surface area contributed by atoms with Crippen LogP contribution in [0.3, 0.4) is 0 Å². The van der Waals surface area contributed by atoms with Gasteiger partial charge in [0.25, 0.3) is 0 Å². The Hall–Kier alpha value is -10.4. The molecule has 0 amide bonds. The van der Waals surface area contributed by atoms with E-state index >= 15 is 9.59 Å². The van der Waals surface area contributed by atoms with Gasteiger partial charge in [-0.05, 0) is 127 Å². The molecule has 2 heterocycles. The molecule has 4 nitrogen and oxygen atoms in total. The Morgan fingerprint density at radius 1 is 0.253 bits per heavy atom. The first-order chi connectivity index (χ1) is 39.0. The number of rotatable bonds is 8. The first-order valence-corrected chi connectivity index (χ1v) is 27.0. The second kappa shape index (κ2) is 17.3. The average Bonchev–Trinajstić information content (AvgIpc) is 4.22. The highest BCUT2D eigenvalue weighted by Crippen LogP contribution is 2.64. The molecule has 2 aliphatic rings. The van der Waals surface area contributed by atoms with Gasteiger partial charge in [-0.25, -0.2) is 0 Å². The molecular weight excluding hydrogens is 961 g/mol. The fourth-order valence-corrected chi connectivity index (χ4v) is 13.4. The van der Waals surface area contributed by atoms with E-state index in [1.165, 1.54) is 21.5 Å². The Morgan fingerprint density at radius 3 is 0.886 bits per heavy atom. The lowest BCUT2D eigenvalue weighted by atomic mass is 9.69. The molecule has 0 saturated carbocycles. The Bertz CT molecular complexity index is 4430. The maximum atomic E-state index is 15.1. The summed E-state index contributed by atoms with van der Waals surface area (Å²) < 4.78 is 4.78. The maximum Gasteiger partial charge on any atom is 0.193 e. The van der Waals surface area contributed by atoms with Gasteiger partial charge in [-0.2, -0.15) is 0 Å². The van der Waals surface area contributed by atoms with Crippen LogP contribution in [0.5, 0.6) is 0 Å². The quantitative estimate of drug-likeness (QED) is 0.142. The van der Waals surface area contributed by atoms with E-state index in [0.717, 1.165) is 100 Å². The minimum atomic E-state index is -0.986. The summed E-state index contributed by atoms with van der Waals surface area (Å²) in [6.45, 7) is 0. The van der Waals surface area contributed by atoms with Crippen LogP contribution in [-0.2, 0) is 5.41 Å². The minimum absolute atomic E-state index is 0.0557. The van der Waals surface area contributed by atoms with Crippen LogP contribution in [0.4, 0.5) is 0 Å². The first kappa shape index (κ1) is 44.8. The van der Waals surface area contributed by atoms with Gasteiger partial charge in [0.05, 0.1) is 27.5 Å². The molecule has 4 heteroatoms. The third-order valence-corrected chi connectivity index (χ3v) is 17.0. The number of fused-ring (bicyclic) bond motifs is 16. The van der Waals surface area contributed by atoms with Gasteiger partial charge in [0.2, 0.25) is 0 Å². The summed E-state index contributed by atoms with van der Waals surface area (Å²) in [6.07, 6.45) is 0. The van der Waals surface area contributed by atoms with Gasteiger partial charge in [-0.15, -0.1) is 0 Å². The number of aromatic nitrogens is 2. The van der Waals surface area contributed by atoms with Crippen molar-refractivity contribution in [3.8, 4) is 55.9 Å². The van der Waals surface area contributed by atoms with Crippen molar-refractivity contribution in [1.29, 1.82) is 0 Å². The normalized spacial score (nSPS) is 12.8. The van der Waals surface area contributed by atoms with Crippen LogP contribution in [0.25, 0.3) is 99.5 Å². The molecule has 0 atom stereocenters. The summed E-state index contributed by atoms with van der Waals surface area (Å²) in [7, 11) is 0. The van der Waals surface area contributed by atoms with Crippen LogP contribution < -0.4 is 0 Å².